The summed E-state index contributed by atoms with van der Waals surface area (Å²) in [5.74, 6) is -0.270. The Bertz CT molecular complexity index is 1130. The first kappa shape index (κ1) is 23.9. The highest BCUT2D eigenvalue weighted by molar-refractivity contribution is 7.99. The highest BCUT2D eigenvalue weighted by Crippen LogP contribution is 2.26. The van der Waals surface area contributed by atoms with Gasteiger partial charge in [-0.3, -0.25) is 9.59 Å². The van der Waals surface area contributed by atoms with Gasteiger partial charge < -0.3 is 10.2 Å². The minimum Gasteiger partial charge on any atom is -0.335 e. The van der Waals surface area contributed by atoms with Crippen molar-refractivity contribution >= 4 is 29.3 Å². The van der Waals surface area contributed by atoms with E-state index in [1.807, 2.05) is 11.0 Å². The molecule has 4 rings (SSSR count). The minimum atomic E-state index is -0.288. The fraction of sp³-hybridized carbons (Fsp3) is 0.375. The van der Waals surface area contributed by atoms with Gasteiger partial charge in [-0.2, -0.15) is 4.68 Å². The molecule has 10 heteroatoms. The predicted octanol–water partition coefficient (Wildman–Crippen LogP) is 4.21. The number of hydrogen-bond acceptors (Lipinski definition) is 6. The van der Waals surface area contributed by atoms with Crippen LogP contribution in [0.15, 0.2) is 53.7 Å². The molecule has 178 valence electrons. The van der Waals surface area contributed by atoms with Gasteiger partial charge in [-0.1, -0.05) is 49.2 Å². The summed E-state index contributed by atoms with van der Waals surface area (Å²) in [6, 6.07) is 13.7. The average molecular weight is 483 g/mol. The van der Waals surface area contributed by atoms with Crippen molar-refractivity contribution in [3.8, 4) is 5.69 Å². The topological polar surface area (TPSA) is 93.0 Å². The predicted molar refractivity (Wildman–Crippen MR) is 128 cm³/mol. The van der Waals surface area contributed by atoms with Crippen LogP contribution < -0.4 is 5.32 Å². The second-order valence-corrected chi connectivity index (χ2v) is 9.28. The molecular weight excluding hydrogens is 455 g/mol. The Hall–Kier alpha value is -3.27. The molecule has 1 N–H and O–H groups in total. The van der Waals surface area contributed by atoms with Gasteiger partial charge in [0.15, 0.2) is 0 Å². The standard InChI is InChI=1S/C24H27FN6O2S/c1-17(32)26-20-6-5-9-22(14-20)31-24(27-28-29-31)34-16-23(33)30(21-7-3-2-4-8-21)15-18-10-12-19(25)13-11-18/h5-6,9-14,21H,2-4,7-8,15-16H2,1H3,(H,26,32). The lowest BCUT2D eigenvalue weighted by molar-refractivity contribution is -0.132. The molecule has 1 heterocycles. The van der Waals surface area contributed by atoms with E-state index in [9.17, 15) is 14.0 Å². The lowest BCUT2D eigenvalue weighted by Gasteiger charge is -2.34. The van der Waals surface area contributed by atoms with Gasteiger partial charge in [0.1, 0.15) is 5.82 Å². The van der Waals surface area contributed by atoms with Crippen molar-refractivity contribution < 1.29 is 14.0 Å². The summed E-state index contributed by atoms with van der Waals surface area (Å²) in [5, 5.41) is 15.1. The third-order valence-corrected chi connectivity index (χ3v) is 6.68. The quantitative estimate of drug-likeness (QED) is 0.484. The number of benzene rings is 2. The van der Waals surface area contributed by atoms with Crippen LogP contribution in [-0.4, -0.2) is 48.7 Å². The molecule has 0 spiro atoms. The Morgan fingerprint density at radius 3 is 2.65 bits per heavy atom. The minimum absolute atomic E-state index is 0.00257. The van der Waals surface area contributed by atoms with Crippen LogP contribution in [0.1, 0.15) is 44.6 Å². The summed E-state index contributed by atoms with van der Waals surface area (Å²) in [4.78, 5) is 26.6. The van der Waals surface area contributed by atoms with Crippen molar-refractivity contribution in [2.75, 3.05) is 11.1 Å². The molecule has 3 aromatic rings. The van der Waals surface area contributed by atoms with Gasteiger partial charge in [0.25, 0.3) is 0 Å². The molecule has 1 saturated carbocycles. The van der Waals surface area contributed by atoms with E-state index in [1.165, 1.54) is 37.2 Å². The summed E-state index contributed by atoms with van der Waals surface area (Å²) < 4.78 is 14.9. The van der Waals surface area contributed by atoms with Crippen molar-refractivity contribution in [2.45, 2.75) is 56.8 Å². The zero-order valence-corrected chi connectivity index (χ0v) is 19.8. The second-order valence-electron chi connectivity index (χ2n) is 8.33. The summed E-state index contributed by atoms with van der Waals surface area (Å²) in [6.45, 7) is 1.90. The van der Waals surface area contributed by atoms with Gasteiger partial charge in [-0.15, -0.1) is 5.10 Å². The van der Waals surface area contributed by atoms with Gasteiger partial charge in [-0.25, -0.2) is 4.39 Å². The Labute approximate surface area is 201 Å². The number of hydrogen-bond donors (Lipinski definition) is 1. The molecule has 0 saturated heterocycles. The zero-order valence-electron chi connectivity index (χ0n) is 19.0. The van der Waals surface area contributed by atoms with Crippen LogP contribution in [0.2, 0.25) is 0 Å². The van der Waals surface area contributed by atoms with E-state index >= 15 is 0 Å². The molecule has 0 atom stereocenters. The summed E-state index contributed by atoms with van der Waals surface area (Å²) >= 11 is 1.27. The largest absolute Gasteiger partial charge is 0.335 e. The van der Waals surface area contributed by atoms with E-state index in [0.717, 1.165) is 31.2 Å². The van der Waals surface area contributed by atoms with Crippen LogP contribution in [0.25, 0.3) is 5.69 Å². The van der Waals surface area contributed by atoms with Crippen molar-refractivity contribution in [1.82, 2.24) is 25.1 Å². The molecule has 1 fully saturated rings. The number of carbonyl (C=O) groups excluding carboxylic acids is 2. The Morgan fingerprint density at radius 2 is 1.91 bits per heavy atom. The third-order valence-electron chi connectivity index (χ3n) is 5.78. The Kier molecular flexibility index (Phi) is 7.89. The van der Waals surface area contributed by atoms with Crippen molar-refractivity contribution in [2.24, 2.45) is 0 Å². The van der Waals surface area contributed by atoms with E-state index < -0.39 is 0 Å². The first-order chi connectivity index (χ1) is 16.5. The number of tetrazole rings is 1. The van der Waals surface area contributed by atoms with Crippen LogP contribution >= 0.6 is 11.8 Å². The fourth-order valence-electron chi connectivity index (χ4n) is 4.16. The molecular formula is C24H27FN6O2S. The SMILES string of the molecule is CC(=O)Nc1cccc(-n2nnnc2SCC(=O)N(Cc2ccc(F)cc2)C2CCCCC2)c1. The van der Waals surface area contributed by atoms with Crippen LogP contribution in [-0.2, 0) is 16.1 Å². The maximum atomic E-state index is 13.4. The first-order valence-corrected chi connectivity index (χ1v) is 12.3. The number of rotatable bonds is 8. The van der Waals surface area contributed by atoms with E-state index in [1.54, 1.807) is 35.0 Å². The molecule has 0 aliphatic heterocycles. The number of nitrogens with zero attached hydrogens (tertiary/aromatic N) is 5. The molecule has 1 aromatic heterocycles. The smallest absolute Gasteiger partial charge is 0.233 e. The summed E-state index contributed by atoms with van der Waals surface area (Å²) in [6.07, 6.45) is 5.36. The lowest BCUT2D eigenvalue weighted by Crippen LogP contribution is -2.42. The number of halogens is 1. The van der Waals surface area contributed by atoms with Gasteiger partial charge >= 0.3 is 0 Å². The van der Waals surface area contributed by atoms with Crippen molar-refractivity contribution in [3.05, 3.63) is 59.9 Å². The molecule has 8 nitrogen and oxygen atoms in total. The fourth-order valence-corrected chi connectivity index (χ4v) is 4.94. The van der Waals surface area contributed by atoms with Crippen LogP contribution in [0.5, 0.6) is 0 Å². The number of nitrogens with one attached hydrogen (secondary N) is 1. The second kappa shape index (κ2) is 11.2. The van der Waals surface area contributed by atoms with Crippen molar-refractivity contribution in [1.29, 1.82) is 0 Å². The van der Waals surface area contributed by atoms with E-state index in [4.69, 9.17) is 0 Å². The maximum Gasteiger partial charge on any atom is 0.233 e. The first-order valence-electron chi connectivity index (χ1n) is 11.3. The van der Waals surface area contributed by atoms with Crippen molar-refractivity contribution in [3.63, 3.8) is 0 Å². The molecule has 1 aliphatic carbocycles. The van der Waals surface area contributed by atoms with E-state index in [2.05, 4.69) is 20.8 Å². The van der Waals surface area contributed by atoms with Gasteiger partial charge in [0, 0.05) is 25.2 Å². The molecule has 34 heavy (non-hydrogen) atoms. The Morgan fingerprint density at radius 1 is 1.15 bits per heavy atom. The molecule has 2 aromatic carbocycles. The molecule has 0 radical (unpaired) electrons. The monoisotopic (exact) mass is 482 g/mol. The summed E-state index contributed by atoms with van der Waals surface area (Å²) in [5.41, 5.74) is 2.22. The number of anilines is 1. The van der Waals surface area contributed by atoms with Gasteiger partial charge in [0.05, 0.1) is 11.4 Å². The Balaban J connectivity index is 1.47. The van der Waals surface area contributed by atoms with Gasteiger partial charge in [0.2, 0.25) is 17.0 Å². The average Bonchev–Trinajstić information content (AvgIpc) is 3.31. The third kappa shape index (κ3) is 6.19. The van der Waals surface area contributed by atoms with Crippen LogP contribution in [0, 0.1) is 5.82 Å². The van der Waals surface area contributed by atoms with E-state index in [0.29, 0.717) is 23.1 Å². The molecule has 2 amide bonds. The number of amides is 2. The van der Waals surface area contributed by atoms with E-state index in [-0.39, 0.29) is 29.4 Å². The summed E-state index contributed by atoms with van der Waals surface area (Å²) in [7, 11) is 0. The lowest BCUT2D eigenvalue weighted by atomic mass is 9.94. The number of carbonyl (C=O) groups is 2. The van der Waals surface area contributed by atoms with Gasteiger partial charge in [-0.05, 0) is 59.2 Å². The zero-order chi connectivity index (χ0) is 23.9. The number of thioether (sulfide) groups is 1. The normalized spacial score (nSPS) is 14.1. The molecule has 0 bridgehead atoms. The highest BCUT2D eigenvalue weighted by atomic mass is 32.2. The molecule has 0 unspecified atom stereocenters. The van der Waals surface area contributed by atoms with Crippen LogP contribution in [0.3, 0.4) is 0 Å². The molecule has 1 aliphatic rings. The highest BCUT2D eigenvalue weighted by Gasteiger charge is 2.26. The van der Waals surface area contributed by atoms with Crippen LogP contribution in [0.4, 0.5) is 10.1 Å². The number of aromatic nitrogens is 4. The maximum absolute atomic E-state index is 13.4.